The van der Waals surface area contributed by atoms with E-state index in [1.54, 1.807) is 12.1 Å². The van der Waals surface area contributed by atoms with Crippen LogP contribution in [0.1, 0.15) is 0 Å². The van der Waals surface area contributed by atoms with E-state index in [-0.39, 0.29) is 26.4 Å². The minimum atomic E-state index is -4.40. The largest absolute Gasteiger partial charge is 0.446 e. The molecule has 0 aromatic heterocycles. The Kier molecular flexibility index (Phi) is 4.69. The molecule has 8 heteroatoms. The van der Waals surface area contributed by atoms with Gasteiger partial charge in [-0.1, -0.05) is 15.9 Å². The molecule has 0 saturated heterocycles. The lowest BCUT2D eigenvalue weighted by atomic mass is 10.4. The topological polar surface area (TPSA) is 34.1 Å². The van der Waals surface area contributed by atoms with Crippen LogP contribution >= 0.6 is 27.7 Å². The van der Waals surface area contributed by atoms with E-state index in [2.05, 4.69) is 15.9 Å². The van der Waals surface area contributed by atoms with Gasteiger partial charge in [-0.2, -0.15) is 13.2 Å². The van der Waals surface area contributed by atoms with Crippen LogP contribution in [-0.4, -0.2) is 13.9 Å². The SMILES string of the molecule is O=S(=O)(c1ccc(Br)cc1)c1ccc(SC(F)(F)F)cc1. The van der Waals surface area contributed by atoms with E-state index in [4.69, 9.17) is 0 Å². The molecule has 21 heavy (non-hydrogen) atoms. The zero-order valence-corrected chi connectivity index (χ0v) is 13.5. The van der Waals surface area contributed by atoms with Crippen LogP contribution in [0.3, 0.4) is 0 Å². The van der Waals surface area contributed by atoms with Gasteiger partial charge in [0, 0.05) is 9.37 Å². The molecule has 2 aromatic carbocycles. The highest BCUT2D eigenvalue weighted by Gasteiger charge is 2.29. The van der Waals surface area contributed by atoms with Crippen molar-refractivity contribution < 1.29 is 21.6 Å². The van der Waals surface area contributed by atoms with E-state index in [0.717, 1.165) is 16.6 Å². The smallest absolute Gasteiger partial charge is 0.219 e. The van der Waals surface area contributed by atoms with Crippen LogP contribution in [0.25, 0.3) is 0 Å². The monoisotopic (exact) mass is 396 g/mol. The third-order valence-corrected chi connectivity index (χ3v) is 5.55. The van der Waals surface area contributed by atoms with Crippen molar-refractivity contribution in [3.8, 4) is 0 Å². The molecule has 2 rings (SSSR count). The summed E-state index contributed by atoms with van der Waals surface area (Å²) in [5, 5.41) is 0. The van der Waals surface area contributed by atoms with Gasteiger partial charge in [0.15, 0.2) is 0 Å². The highest BCUT2D eigenvalue weighted by molar-refractivity contribution is 9.10. The van der Waals surface area contributed by atoms with Gasteiger partial charge in [0.05, 0.1) is 9.79 Å². The number of benzene rings is 2. The van der Waals surface area contributed by atoms with Crippen molar-refractivity contribution in [1.82, 2.24) is 0 Å². The van der Waals surface area contributed by atoms with Crippen LogP contribution in [0.2, 0.25) is 0 Å². The molecular formula is C13H8BrF3O2S2. The van der Waals surface area contributed by atoms with E-state index in [9.17, 15) is 21.6 Å². The zero-order chi connectivity index (χ0) is 15.7. The van der Waals surface area contributed by atoms with Crippen LogP contribution in [0.4, 0.5) is 13.2 Å². The van der Waals surface area contributed by atoms with Gasteiger partial charge >= 0.3 is 5.51 Å². The van der Waals surface area contributed by atoms with Crippen molar-refractivity contribution in [1.29, 1.82) is 0 Å². The Morgan fingerprint density at radius 2 is 1.29 bits per heavy atom. The maximum Gasteiger partial charge on any atom is 0.446 e. The van der Waals surface area contributed by atoms with E-state index in [0.29, 0.717) is 0 Å². The number of hydrogen-bond donors (Lipinski definition) is 0. The number of hydrogen-bond acceptors (Lipinski definition) is 3. The first-order valence-electron chi connectivity index (χ1n) is 5.55. The van der Waals surface area contributed by atoms with E-state index in [1.807, 2.05) is 0 Å². The second kappa shape index (κ2) is 6.02. The van der Waals surface area contributed by atoms with Crippen molar-refractivity contribution in [2.45, 2.75) is 20.2 Å². The maximum absolute atomic E-state index is 12.3. The molecule has 0 aliphatic rings. The average Bonchev–Trinajstić information content (AvgIpc) is 2.38. The third-order valence-electron chi connectivity index (χ3n) is 2.49. The van der Waals surface area contributed by atoms with E-state index in [1.165, 1.54) is 24.3 Å². The minimum absolute atomic E-state index is 0.0450. The minimum Gasteiger partial charge on any atom is -0.219 e. The first-order valence-corrected chi connectivity index (χ1v) is 8.64. The van der Waals surface area contributed by atoms with E-state index < -0.39 is 15.3 Å². The highest BCUT2D eigenvalue weighted by Crippen LogP contribution is 2.37. The summed E-state index contributed by atoms with van der Waals surface area (Å²) in [6.07, 6.45) is 0. The second-order valence-corrected chi connectivity index (χ2v) is 7.98. The van der Waals surface area contributed by atoms with Crippen LogP contribution in [0.15, 0.2) is 67.7 Å². The number of thioether (sulfide) groups is 1. The molecule has 0 aliphatic carbocycles. The molecule has 0 heterocycles. The summed E-state index contributed by atoms with van der Waals surface area (Å²) in [7, 11) is -3.73. The molecule has 0 fully saturated rings. The third kappa shape index (κ3) is 4.24. The van der Waals surface area contributed by atoms with Crippen molar-refractivity contribution in [2.24, 2.45) is 0 Å². The predicted molar refractivity (Wildman–Crippen MR) is 77.9 cm³/mol. The quantitative estimate of drug-likeness (QED) is 0.692. The molecule has 0 amide bonds. The molecule has 0 spiro atoms. The van der Waals surface area contributed by atoms with Gasteiger partial charge in [0.2, 0.25) is 9.84 Å². The molecule has 0 saturated carbocycles. The van der Waals surface area contributed by atoms with E-state index >= 15 is 0 Å². The Morgan fingerprint density at radius 1 is 0.857 bits per heavy atom. The Balaban J connectivity index is 2.31. The molecular weight excluding hydrogens is 389 g/mol. The standard InChI is InChI=1S/C13H8BrF3O2S2/c14-9-1-5-11(6-2-9)21(18,19)12-7-3-10(4-8-12)20-13(15,16)17/h1-8H. The summed E-state index contributed by atoms with van der Waals surface area (Å²) >= 11 is 2.92. The van der Waals surface area contributed by atoms with Gasteiger partial charge in [0.1, 0.15) is 0 Å². The van der Waals surface area contributed by atoms with Gasteiger partial charge in [0.25, 0.3) is 0 Å². The highest BCUT2D eigenvalue weighted by atomic mass is 79.9. The molecule has 0 radical (unpaired) electrons. The normalized spacial score (nSPS) is 12.4. The van der Waals surface area contributed by atoms with Crippen molar-refractivity contribution in [2.75, 3.05) is 0 Å². The summed E-state index contributed by atoms with van der Waals surface area (Å²) in [6, 6.07) is 10.7. The molecule has 0 bridgehead atoms. The predicted octanol–water partition coefficient (Wildman–Crippen LogP) is 4.89. The summed E-state index contributed by atoms with van der Waals surface area (Å²) in [6.45, 7) is 0. The molecule has 2 nitrogen and oxygen atoms in total. The lowest BCUT2D eigenvalue weighted by molar-refractivity contribution is -0.0328. The number of sulfone groups is 1. The molecule has 0 aliphatic heterocycles. The van der Waals surface area contributed by atoms with Crippen molar-refractivity contribution >= 4 is 37.5 Å². The van der Waals surface area contributed by atoms with Crippen LogP contribution in [-0.2, 0) is 9.84 Å². The number of alkyl halides is 3. The molecule has 112 valence electrons. The fourth-order valence-corrected chi connectivity index (χ4v) is 3.64. The molecule has 0 N–H and O–H groups in total. The Bertz CT molecular complexity index is 724. The molecule has 0 atom stereocenters. The van der Waals surface area contributed by atoms with Crippen molar-refractivity contribution in [3.63, 3.8) is 0 Å². The molecule has 2 aromatic rings. The first kappa shape index (κ1) is 16.4. The zero-order valence-electron chi connectivity index (χ0n) is 10.3. The average molecular weight is 397 g/mol. The fourth-order valence-electron chi connectivity index (χ4n) is 1.57. The summed E-state index contributed by atoms with van der Waals surface area (Å²) < 4.78 is 62.0. The Morgan fingerprint density at radius 3 is 1.71 bits per heavy atom. The van der Waals surface area contributed by atoms with Crippen LogP contribution < -0.4 is 0 Å². The summed E-state index contributed by atoms with van der Waals surface area (Å²) in [5.41, 5.74) is -4.40. The first-order chi connectivity index (χ1) is 9.68. The van der Waals surface area contributed by atoms with Crippen molar-refractivity contribution in [3.05, 3.63) is 53.0 Å². The van der Waals surface area contributed by atoms with Crippen LogP contribution in [0.5, 0.6) is 0 Å². The lowest BCUT2D eigenvalue weighted by Crippen LogP contribution is -2.02. The van der Waals surface area contributed by atoms with Gasteiger partial charge in [-0.15, -0.1) is 0 Å². The lowest BCUT2D eigenvalue weighted by Gasteiger charge is -2.07. The maximum atomic E-state index is 12.3. The van der Waals surface area contributed by atoms with Gasteiger partial charge in [-0.3, -0.25) is 0 Å². The Hall–Kier alpha value is -0.990. The Labute approximate surface area is 132 Å². The van der Waals surface area contributed by atoms with Gasteiger partial charge < -0.3 is 0 Å². The number of halogens is 4. The van der Waals surface area contributed by atoms with Gasteiger partial charge in [-0.25, -0.2) is 8.42 Å². The van der Waals surface area contributed by atoms with Crippen LogP contribution in [0, 0.1) is 0 Å². The summed E-state index contributed by atoms with van der Waals surface area (Å²) in [5.74, 6) is 0. The number of rotatable bonds is 3. The summed E-state index contributed by atoms with van der Waals surface area (Å²) in [4.78, 5) is -0.0180. The fraction of sp³-hybridized carbons (Fsp3) is 0.0769. The van der Waals surface area contributed by atoms with Gasteiger partial charge in [-0.05, 0) is 60.3 Å². The molecule has 0 unspecified atom stereocenters. The second-order valence-electron chi connectivity index (χ2n) is 3.98.